The summed E-state index contributed by atoms with van der Waals surface area (Å²) < 4.78 is 5.30. The minimum atomic E-state index is -0.519. The lowest BCUT2D eigenvalue weighted by Crippen LogP contribution is -2.22. The highest BCUT2D eigenvalue weighted by Gasteiger charge is 2.16. The topological polar surface area (TPSA) is 55.4 Å². The van der Waals surface area contributed by atoms with Crippen molar-refractivity contribution in [1.29, 1.82) is 0 Å². The molecule has 0 saturated heterocycles. The van der Waals surface area contributed by atoms with Crippen molar-refractivity contribution >= 4 is 17.6 Å². The number of esters is 1. The van der Waals surface area contributed by atoms with E-state index < -0.39 is 5.97 Å². The van der Waals surface area contributed by atoms with Crippen molar-refractivity contribution in [2.45, 2.75) is 26.2 Å². The molecule has 1 N–H and O–H groups in total. The first kappa shape index (κ1) is 20.3. The fourth-order valence-electron chi connectivity index (χ4n) is 3.19. The number of hydrogen-bond acceptors (Lipinski definition) is 3. The maximum Gasteiger partial charge on any atom is 0.339 e. The predicted molar refractivity (Wildman–Crippen MR) is 116 cm³/mol. The third-order valence-corrected chi connectivity index (χ3v) is 4.94. The van der Waals surface area contributed by atoms with Crippen LogP contribution in [0.3, 0.4) is 0 Å². The molecule has 3 aromatic carbocycles. The van der Waals surface area contributed by atoms with Crippen LogP contribution in [0.15, 0.2) is 78.9 Å². The van der Waals surface area contributed by atoms with Crippen molar-refractivity contribution in [3.63, 3.8) is 0 Å². The molecule has 1 amide bonds. The summed E-state index contributed by atoms with van der Waals surface area (Å²) in [4.78, 5) is 25.0. The summed E-state index contributed by atoms with van der Waals surface area (Å²) in [6, 6.07) is 24.6. The molecule has 0 aliphatic rings. The van der Waals surface area contributed by atoms with Crippen LogP contribution in [0.1, 0.15) is 42.1 Å². The van der Waals surface area contributed by atoms with Gasteiger partial charge in [-0.15, -0.1) is 0 Å². The van der Waals surface area contributed by atoms with Crippen molar-refractivity contribution in [3.8, 4) is 11.1 Å². The Morgan fingerprint density at radius 3 is 2.31 bits per heavy atom. The van der Waals surface area contributed by atoms with Crippen LogP contribution in [0, 0.1) is 0 Å². The SMILES string of the molecule is CC[C@@H](C)c1ccccc1NC(=O)COC(=O)c1ccccc1-c1ccccc1. The highest BCUT2D eigenvalue weighted by molar-refractivity contribution is 5.99. The Kier molecular flexibility index (Phi) is 6.80. The quantitative estimate of drug-likeness (QED) is 0.532. The molecule has 1 atom stereocenters. The number of carbonyl (C=O) groups excluding carboxylic acids is 2. The van der Waals surface area contributed by atoms with Gasteiger partial charge in [0.05, 0.1) is 5.56 Å². The number of ether oxygens (including phenoxy) is 1. The van der Waals surface area contributed by atoms with Gasteiger partial charge in [-0.1, -0.05) is 80.6 Å². The highest BCUT2D eigenvalue weighted by atomic mass is 16.5. The second-order valence-electron chi connectivity index (χ2n) is 6.93. The van der Waals surface area contributed by atoms with Crippen LogP contribution in [0.5, 0.6) is 0 Å². The second-order valence-corrected chi connectivity index (χ2v) is 6.93. The summed E-state index contributed by atoms with van der Waals surface area (Å²) >= 11 is 0. The molecule has 0 radical (unpaired) electrons. The van der Waals surface area contributed by atoms with Crippen molar-refractivity contribution in [3.05, 3.63) is 90.0 Å². The van der Waals surface area contributed by atoms with Gasteiger partial charge in [0.2, 0.25) is 0 Å². The molecule has 4 heteroatoms. The molecule has 148 valence electrons. The van der Waals surface area contributed by atoms with Crippen LogP contribution in [0.4, 0.5) is 5.69 Å². The average molecular weight is 387 g/mol. The summed E-state index contributed by atoms with van der Waals surface area (Å²) in [6.07, 6.45) is 0.970. The van der Waals surface area contributed by atoms with E-state index in [4.69, 9.17) is 4.74 Å². The minimum absolute atomic E-state index is 0.326. The second kappa shape index (κ2) is 9.69. The Labute approximate surface area is 171 Å². The van der Waals surface area contributed by atoms with E-state index in [-0.39, 0.29) is 12.5 Å². The zero-order chi connectivity index (χ0) is 20.6. The monoisotopic (exact) mass is 387 g/mol. The normalized spacial score (nSPS) is 11.5. The number of para-hydroxylation sites is 1. The lowest BCUT2D eigenvalue weighted by atomic mass is 9.97. The van der Waals surface area contributed by atoms with Gasteiger partial charge in [-0.05, 0) is 41.2 Å². The maximum absolute atomic E-state index is 12.6. The summed E-state index contributed by atoms with van der Waals surface area (Å²) in [6.45, 7) is 3.89. The number of carbonyl (C=O) groups is 2. The molecule has 0 unspecified atom stereocenters. The Morgan fingerprint density at radius 2 is 1.55 bits per heavy atom. The molecule has 29 heavy (non-hydrogen) atoms. The van der Waals surface area contributed by atoms with Gasteiger partial charge in [0.25, 0.3) is 5.91 Å². The maximum atomic E-state index is 12.6. The first-order valence-electron chi connectivity index (χ1n) is 9.80. The van der Waals surface area contributed by atoms with Gasteiger partial charge in [0.15, 0.2) is 6.61 Å². The van der Waals surface area contributed by atoms with E-state index in [1.807, 2.05) is 66.7 Å². The van der Waals surface area contributed by atoms with E-state index in [0.717, 1.165) is 28.8 Å². The third kappa shape index (κ3) is 5.11. The molecule has 0 fully saturated rings. The smallest absolute Gasteiger partial charge is 0.339 e. The minimum Gasteiger partial charge on any atom is -0.452 e. The molecule has 3 rings (SSSR count). The van der Waals surface area contributed by atoms with Gasteiger partial charge < -0.3 is 10.1 Å². The van der Waals surface area contributed by atoms with Crippen LogP contribution < -0.4 is 5.32 Å². The van der Waals surface area contributed by atoms with Gasteiger partial charge in [-0.25, -0.2) is 4.79 Å². The molecule has 0 aromatic heterocycles. The average Bonchev–Trinajstić information content (AvgIpc) is 2.78. The summed E-state index contributed by atoms with van der Waals surface area (Å²) in [5, 5.41) is 2.86. The fraction of sp³-hybridized carbons (Fsp3) is 0.200. The van der Waals surface area contributed by atoms with Gasteiger partial charge in [-0.2, -0.15) is 0 Å². The van der Waals surface area contributed by atoms with Gasteiger partial charge in [0, 0.05) is 5.69 Å². The fourth-order valence-corrected chi connectivity index (χ4v) is 3.19. The van der Waals surface area contributed by atoms with E-state index in [1.54, 1.807) is 12.1 Å². The lowest BCUT2D eigenvalue weighted by Gasteiger charge is -2.15. The van der Waals surface area contributed by atoms with Crippen molar-refractivity contribution in [1.82, 2.24) is 0 Å². The summed E-state index contributed by atoms with van der Waals surface area (Å²) in [7, 11) is 0. The van der Waals surface area contributed by atoms with Crippen LogP contribution >= 0.6 is 0 Å². The number of benzene rings is 3. The van der Waals surface area contributed by atoms with E-state index in [9.17, 15) is 9.59 Å². The number of rotatable bonds is 7. The van der Waals surface area contributed by atoms with Gasteiger partial charge >= 0.3 is 5.97 Å². The molecule has 4 nitrogen and oxygen atoms in total. The first-order chi connectivity index (χ1) is 14.1. The van der Waals surface area contributed by atoms with E-state index >= 15 is 0 Å². The lowest BCUT2D eigenvalue weighted by molar-refractivity contribution is -0.119. The van der Waals surface area contributed by atoms with Crippen LogP contribution in [0.2, 0.25) is 0 Å². The molecular formula is C25H25NO3. The van der Waals surface area contributed by atoms with Gasteiger partial charge in [-0.3, -0.25) is 4.79 Å². The Balaban J connectivity index is 1.67. The summed E-state index contributed by atoms with van der Waals surface area (Å²) in [5.74, 6) is -0.548. The number of hydrogen-bond donors (Lipinski definition) is 1. The number of nitrogens with one attached hydrogen (secondary N) is 1. The van der Waals surface area contributed by atoms with Gasteiger partial charge in [0.1, 0.15) is 0 Å². The van der Waals surface area contributed by atoms with Crippen molar-refractivity contribution < 1.29 is 14.3 Å². The van der Waals surface area contributed by atoms with Crippen molar-refractivity contribution in [2.24, 2.45) is 0 Å². The number of amides is 1. The van der Waals surface area contributed by atoms with E-state index in [0.29, 0.717) is 11.5 Å². The molecule has 3 aromatic rings. The molecule has 0 heterocycles. The zero-order valence-electron chi connectivity index (χ0n) is 16.7. The van der Waals surface area contributed by atoms with Crippen LogP contribution in [-0.4, -0.2) is 18.5 Å². The summed E-state index contributed by atoms with van der Waals surface area (Å²) in [5.41, 5.74) is 3.97. The Morgan fingerprint density at radius 1 is 0.897 bits per heavy atom. The predicted octanol–water partition coefficient (Wildman–Crippen LogP) is 5.66. The molecule has 0 bridgehead atoms. The molecular weight excluding hydrogens is 362 g/mol. The van der Waals surface area contributed by atoms with Crippen LogP contribution in [-0.2, 0) is 9.53 Å². The van der Waals surface area contributed by atoms with E-state index in [2.05, 4.69) is 19.2 Å². The Bertz CT molecular complexity index is 982. The number of anilines is 1. The largest absolute Gasteiger partial charge is 0.452 e. The Hall–Kier alpha value is -3.40. The standard InChI is InChI=1S/C25H25NO3/c1-3-18(2)20-13-9-10-16-23(20)26-24(27)17-29-25(28)22-15-8-7-14-21(22)19-11-5-4-6-12-19/h4-16,18H,3,17H2,1-2H3,(H,26,27)/t18-/m1/s1. The first-order valence-corrected chi connectivity index (χ1v) is 9.80. The molecule has 0 saturated carbocycles. The third-order valence-electron chi connectivity index (χ3n) is 4.94. The molecule has 0 aliphatic heterocycles. The zero-order valence-corrected chi connectivity index (χ0v) is 16.7. The van der Waals surface area contributed by atoms with Crippen LogP contribution in [0.25, 0.3) is 11.1 Å². The molecule has 0 spiro atoms. The van der Waals surface area contributed by atoms with Crippen molar-refractivity contribution in [2.75, 3.05) is 11.9 Å². The molecule has 0 aliphatic carbocycles. The highest BCUT2D eigenvalue weighted by Crippen LogP contribution is 2.27. The van der Waals surface area contributed by atoms with E-state index in [1.165, 1.54) is 0 Å².